The predicted molar refractivity (Wildman–Crippen MR) is 111 cm³/mol. The molecule has 2 aromatic carbocycles. The molecule has 1 fully saturated rings. The van der Waals surface area contributed by atoms with Crippen LogP contribution in [0.4, 0.5) is 15.8 Å². The highest BCUT2D eigenvalue weighted by atomic mass is 19.1. The van der Waals surface area contributed by atoms with Gasteiger partial charge in [-0.25, -0.2) is 4.39 Å². The van der Waals surface area contributed by atoms with Gasteiger partial charge in [-0.3, -0.25) is 14.4 Å². The van der Waals surface area contributed by atoms with Crippen molar-refractivity contribution in [2.75, 3.05) is 29.9 Å². The normalized spacial score (nSPS) is 15.7. The van der Waals surface area contributed by atoms with Crippen LogP contribution in [-0.4, -0.2) is 37.4 Å². The third-order valence-electron chi connectivity index (χ3n) is 4.71. The Morgan fingerprint density at radius 1 is 1.17 bits per heavy atom. The number of carbonyl (C=O) groups is 3. The lowest BCUT2D eigenvalue weighted by atomic mass is 10.1. The van der Waals surface area contributed by atoms with Crippen LogP contribution in [0, 0.1) is 11.7 Å². The molecule has 1 atom stereocenters. The van der Waals surface area contributed by atoms with Gasteiger partial charge < -0.3 is 20.3 Å². The van der Waals surface area contributed by atoms with Gasteiger partial charge in [0.05, 0.1) is 11.6 Å². The predicted octanol–water partition coefficient (Wildman–Crippen LogP) is 2.72. The van der Waals surface area contributed by atoms with Crippen LogP contribution in [0.15, 0.2) is 48.5 Å². The molecule has 1 heterocycles. The summed E-state index contributed by atoms with van der Waals surface area (Å²) in [6.45, 7) is 2.62. The molecule has 7 nitrogen and oxygen atoms in total. The van der Waals surface area contributed by atoms with Crippen LogP contribution in [0.25, 0.3) is 0 Å². The maximum absolute atomic E-state index is 13.6. The SMILES string of the molecule is CCCNC(=O)C1CC(=O)N(c2ccc(OCC(=O)Nc3ccccc3F)cc2)C1. The highest BCUT2D eigenvalue weighted by molar-refractivity contribution is 6.00. The Morgan fingerprint density at radius 2 is 1.90 bits per heavy atom. The summed E-state index contributed by atoms with van der Waals surface area (Å²) in [5.74, 6) is -1.14. The van der Waals surface area contributed by atoms with Crippen molar-refractivity contribution < 1.29 is 23.5 Å². The van der Waals surface area contributed by atoms with E-state index in [4.69, 9.17) is 4.74 Å². The molecule has 30 heavy (non-hydrogen) atoms. The zero-order valence-electron chi connectivity index (χ0n) is 16.7. The first-order chi connectivity index (χ1) is 14.5. The van der Waals surface area contributed by atoms with Crippen LogP contribution < -0.4 is 20.3 Å². The summed E-state index contributed by atoms with van der Waals surface area (Å²) in [5.41, 5.74) is 0.750. The standard InChI is InChI=1S/C22H24FN3O4/c1-2-11-24-22(29)15-12-21(28)26(13-15)16-7-9-17(10-8-16)30-14-20(27)25-19-6-4-3-5-18(19)23/h3-10,15H,2,11-14H2,1H3,(H,24,29)(H,25,27). The van der Waals surface area contributed by atoms with Crippen LogP contribution in [-0.2, 0) is 14.4 Å². The number of carbonyl (C=O) groups excluding carboxylic acids is 3. The van der Waals surface area contributed by atoms with Crippen molar-refractivity contribution in [1.29, 1.82) is 0 Å². The Kier molecular flexibility index (Phi) is 7.00. The Labute approximate surface area is 174 Å². The number of amides is 3. The molecule has 8 heteroatoms. The zero-order valence-corrected chi connectivity index (χ0v) is 16.7. The fourth-order valence-electron chi connectivity index (χ4n) is 3.15. The molecule has 2 N–H and O–H groups in total. The first-order valence-electron chi connectivity index (χ1n) is 9.83. The number of rotatable bonds is 8. The summed E-state index contributed by atoms with van der Waals surface area (Å²) >= 11 is 0. The van der Waals surface area contributed by atoms with Gasteiger partial charge in [-0.15, -0.1) is 0 Å². The van der Waals surface area contributed by atoms with Gasteiger partial charge in [0.1, 0.15) is 11.6 Å². The second-order valence-electron chi connectivity index (χ2n) is 7.01. The fraction of sp³-hybridized carbons (Fsp3) is 0.318. The number of hydrogen-bond acceptors (Lipinski definition) is 4. The number of anilines is 2. The summed E-state index contributed by atoms with van der Waals surface area (Å²) in [6, 6.07) is 12.6. The summed E-state index contributed by atoms with van der Waals surface area (Å²) in [7, 11) is 0. The molecule has 3 amide bonds. The summed E-state index contributed by atoms with van der Waals surface area (Å²) < 4.78 is 19.0. The monoisotopic (exact) mass is 413 g/mol. The number of ether oxygens (including phenoxy) is 1. The number of nitrogens with one attached hydrogen (secondary N) is 2. The number of halogens is 1. The van der Waals surface area contributed by atoms with Crippen molar-refractivity contribution >= 4 is 29.1 Å². The quantitative estimate of drug-likeness (QED) is 0.697. The molecule has 1 aliphatic heterocycles. The molecule has 3 rings (SSSR count). The topological polar surface area (TPSA) is 87.7 Å². The van der Waals surface area contributed by atoms with Gasteiger partial charge in [-0.1, -0.05) is 19.1 Å². The summed E-state index contributed by atoms with van der Waals surface area (Å²) in [5, 5.41) is 5.27. The Bertz CT molecular complexity index is 917. The van der Waals surface area contributed by atoms with Gasteiger partial charge in [-0.05, 0) is 42.8 Å². The van der Waals surface area contributed by atoms with Crippen molar-refractivity contribution in [1.82, 2.24) is 5.32 Å². The number of hydrogen-bond donors (Lipinski definition) is 2. The van der Waals surface area contributed by atoms with Crippen molar-refractivity contribution in [3.63, 3.8) is 0 Å². The number of para-hydroxylation sites is 1. The van der Waals surface area contributed by atoms with E-state index in [0.29, 0.717) is 24.5 Å². The smallest absolute Gasteiger partial charge is 0.262 e. The highest BCUT2D eigenvalue weighted by Gasteiger charge is 2.34. The molecule has 0 aliphatic carbocycles. The zero-order chi connectivity index (χ0) is 21.5. The van der Waals surface area contributed by atoms with E-state index in [0.717, 1.165) is 6.42 Å². The van der Waals surface area contributed by atoms with Crippen molar-refractivity contribution in [3.05, 3.63) is 54.3 Å². The molecule has 2 aromatic rings. The number of benzene rings is 2. The van der Waals surface area contributed by atoms with Crippen LogP contribution in [0.3, 0.4) is 0 Å². The Hall–Kier alpha value is -3.42. The van der Waals surface area contributed by atoms with Gasteiger partial charge in [0, 0.05) is 25.2 Å². The van der Waals surface area contributed by atoms with Gasteiger partial charge in [0.15, 0.2) is 6.61 Å². The minimum absolute atomic E-state index is 0.0894. The molecule has 158 valence electrons. The highest BCUT2D eigenvalue weighted by Crippen LogP contribution is 2.27. The third kappa shape index (κ3) is 5.34. The van der Waals surface area contributed by atoms with Crippen molar-refractivity contribution in [3.8, 4) is 5.75 Å². The maximum Gasteiger partial charge on any atom is 0.262 e. The second-order valence-corrected chi connectivity index (χ2v) is 7.01. The van der Waals surface area contributed by atoms with E-state index in [9.17, 15) is 18.8 Å². The third-order valence-corrected chi connectivity index (χ3v) is 4.71. The fourth-order valence-corrected chi connectivity index (χ4v) is 3.15. The van der Waals surface area contributed by atoms with Crippen LogP contribution in [0.1, 0.15) is 19.8 Å². The molecule has 1 aliphatic rings. The van der Waals surface area contributed by atoms with E-state index in [1.807, 2.05) is 6.92 Å². The van der Waals surface area contributed by atoms with Crippen LogP contribution in [0.5, 0.6) is 5.75 Å². The van der Waals surface area contributed by atoms with Gasteiger partial charge in [0.2, 0.25) is 11.8 Å². The average molecular weight is 413 g/mol. The number of nitrogens with zero attached hydrogens (tertiary/aromatic N) is 1. The van der Waals surface area contributed by atoms with E-state index in [2.05, 4.69) is 10.6 Å². The minimum atomic E-state index is -0.521. The molecule has 0 spiro atoms. The van der Waals surface area contributed by atoms with E-state index < -0.39 is 11.7 Å². The molecule has 0 aromatic heterocycles. The Balaban J connectivity index is 1.52. The van der Waals surface area contributed by atoms with Gasteiger partial charge in [0.25, 0.3) is 5.91 Å². The van der Waals surface area contributed by atoms with Gasteiger partial charge >= 0.3 is 0 Å². The molecule has 0 bridgehead atoms. The van der Waals surface area contributed by atoms with E-state index >= 15 is 0 Å². The summed E-state index contributed by atoms with van der Waals surface area (Å²) in [6.07, 6.45) is 1.03. The average Bonchev–Trinajstić information content (AvgIpc) is 3.14. The van der Waals surface area contributed by atoms with Crippen molar-refractivity contribution in [2.24, 2.45) is 5.92 Å². The lowest BCUT2D eigenvalue weighted by molar-refractivity contribution is -0.126. The minimum Gasteiger partial charge on any atom is -0.484 e. The molecule has 0 radical (unpaired) electrons. The largest absolute Gasteiger partial charge is 0.484 e. The first kappa shape index (κ1) is 21.3. The maximum atomic E-state index is 13.6. The lowest BCUT2D eigenvalue weighted by Gasteiger charge is -2.17. The van der Waals surface area contributed by atoms with Crippen LogP contribution in [0.2, 0.25) is 0 Å². The van der Waals surface area contributed by atoms with E-state index in [-0.39, 0.29) is 36.4 Å². The van der Waals surface area contributed by atoms with Crippen LogP contribution >= 0.6 is 0 Å². The van der Waals surface area contributed by atoms with Gasteiger partial charge in [-0.2, -0.15) is 0 Å². The molecule has 1 saturated heterocycles. The van der Waals surface area contributed by atoms with E-state index in [1.165, 1.54) is 18.2 Å². The molecule has 1 unspecified atom stereocenters. The molecular formula is C22H24FN3O4. The van der Waals surface area contributed by atoms with Crippen molar-refractivity contribution in [2.45, 2.75) is 19.8 Å². The lowest BCUT2D eigenvalue weighted by Crippen LogP contribution is -2.33. The van der Waals surface area contributed by atoms with E-state index in [1.54, 1.807) is 35.2 Å². The first-order valence-corrected chi connectivity index (χ1v) is 9.83. The molecule has 0 saturated carbocycles. The second kappa shape index (κ2) is 9.87. The molecular weight excluding hydrogens is 389 g/mol. The Morgan fingerprint density at radius 3 is 2.60 bits per heavy atom. The summed E-state index contributed by atoms with van der Waals surface area (Å²) in [4.78, 5) is 37.9.